The van der Waals surface area contributed by atoms with Crippen molar-refractivity contribution in [3.05, 3.63) is 0 Å². The van der Waals surface area contributed by atoms with Gasteiger partial charge in [0.05, 0.1) is 6.61 Å². The molecule has 0 aromatic heterocycles. The third-order valence-corrected chi connectivity index (χ3v) is 4.51. The van der Waals surface area contributed by atoms with Crippen LogP contribution in [0.1, 0.15) is 6.42 Å². The van der Waals surface area contributed by atoms with Crippen LogP contribution in [0.4, 0.5) is 0 Å². The van der Waals surface area contributed by atoms with Crippen LogP contribution in [0.5, 0.6) is 0 Å². The highest BCUT2D eigenvalue weighted by molar-refractivity contribution is 4.88. The molecule has 0 bridgehead atoms. The van der Waals surface area contributed by atoms with Crippen LogP contribution in [0.3, 0.4) is 0 Å². The number of nitrogens with zero attached hydrogens (tertiary/aromatic N) is 3. The van der Waals surface area contributed by atoms with Crippen LogP contribution in [-0.2, 0) is 4.74 Å². The quantitative estimate of drug-likeness (QED) is 0.707. The van der Waals surface area contributed by atoms with E-state index >= 15 is 0 Å². The van der Waals surface area contributed by atoms with Gasteiger partial charge in [0.15, 0.2) is 0 Å². The summed E-state index contributed by atoms with van der Waals surface area (Å²) in [5.74, 6) is 0. The zero-order valence-corrected chi connectivity index (χ0v) is 12.6. The van der Waals surface area contributed by atoms with Crippen LogP contribution in [0.15, 0.2) is 0 Å². The molecular weight excluding hydrogens is 240 g/mol. The second-order valence-electron chi connectivity index (χ2n) is 6.43. The van der Waals surface area contributed by atoms with Gasteiger partial charge < -0.3 is 20.3 Å². The van der Waals surface area contributed by atoms with Gasteiger partial charge in [-0.05, 0) is 20.5 Å². The standard InChI is InChI=1S/C14H30N4O/c1-16(2)4-5-17-6-8-18(9-7-17)12-14(11-15)3-10-19-13-14/h3-13,15H2,1-2H3. The van der Waals surface area contributed by atoms with Gasteiger partial charge in [-0.3, -0.25) is 4.90 Å². The molecular formula is C14H30N4O. The average molecular weight is 270 g/mol. The lowest BCUT2D eigenvalue weighted by Gasteiger charge is -2.39. The third kappa shape index (κ3) is 4.39. The summed E-state index contributed by atoms with van der Waals surface area (Å²) in [6.45, 7) is 10.7. The van der Waals surface area contributed by atoms with E-state index < -0.39 is 0 Å². The van der Waals surface area contributed by atoms with Crippen LogP contribution in [0.2, 0.25) is 0 Å². The first-order valence-electron chi connectivity index (χ1n) is 7.51. The predicted octanol–water partition coefficient (Wildman–Crippen LogP) is -0.469. The zero-order valence-electron chi connectivity index (χ0n) is 12.6. The van der Waals surface area contributed by atoms with Crippen molar-refractivity contribution in [2.24, 2.45) is 11.1 Å². The number of rotatable bonds is 6. The van der Waals surface area contributed by atoms with Gasteiger partial charge in [-0.15, -0.1) is 0 Å². The Labute approximate surface area is 117 Å². The molecule has 1 unspecified atom stereocenters. The summed E-state index contributed by atoms with van der Waals surface area (Å²) >= 11 is 0. The third-order valence-electron chi connectivity index (χ3n) is 4.51. The molecule has 2 heterocycles. The van der Waals surface area contributed by atoms with Crippen molar-refractivity contribution in [3.8, 4) is 0 Å². The fraction of sp³-hybridized carbons (Fsp3) is 1.00. The normalized spacial score (nSPS) is 30.3. The molecule has 0 spiro atoms. The average Bonchev–Trinajstić information content (AvgIpc) is 2.87. The lowest BCUT2D eigenvalue weighted by atomic mass is 9.86. The number of nitrogens with two attached hydrogens (primary N) is 1. The molecule has 5 heteroatoms. The molecule has 2 aliphatic heterocycles. The second kappa shape index (κ2) is 6.99. The molecule has 0 aromatic carbocycles. The Hall–Kier alpha value is -0.200. The summed E-state index contributed by atoms with van der Waals surface area (Å²) < 4.78 is 5.56. The molecule has 112 valence electrons. The molecule has 2 N–H and O–H groups in total. The Balaban J connectivity index is 1.71. The van der Waals surface area contributed by atoms with Crippen molar-refractivity contribution in [2.75, 3.05) is 79.7 Å². The SMILES string of the molecule is CN(C)CCN1CCN(CC2(CN)CCOC2)CC1. The molecule has 0 aromatic rings. The Morgan fingerprint density at radius 3 is 2.37 bits per heavy atom. The van der Waals surface area contributed by atoms with E-state index in [9.17, 15) is 0 Å². The van der Waals surface area contributed by atoms with E-state index in [0.717, 1.165) is 39.3 Å². The van der Waals surface area contributed by atoms with Crippen LogP contribution in [0, 0.1) is 5.41 Å². The fourth-order valence-corrected chi connectivity index (χ4v) is 2.99. The minimum atomic E-state index is 0.228. The number of hydrogen-bond donors (Lipinski definition) is 1. The summed E-state index contributed by atoms with van der Waals surface area (Å²) in [5.41, 5.74) is 6.20. The van der Waals surface area contributed by atoms with Crippen molar-refractivity contribution < 1.29 is 4.74 Å². The Kier molecular flexibility index (Phi) is 5.59. The van der Waals surface area contributed by atoms with Gasteiger partial charge in [0, 0.05) is 64.4 Å². The smallest absolute Gasteiger partial charge is 0.0547 e. The first kappa shape index (κ1) is 15.2. The minimum Gasteiger partial charge on any atom is -0.381 e. The van der Waals surface area contributed by atoms with Crippen molar-refractivity contribution in [2.45, 2.75) is 6.42 Å². The van der Waals surface area contributed by atoms with E-state index in [0.29, 0.717) is 0 Å². The van der Waals surface area contributed by atoms with Crippen molar-refractivity contribution in [3.63, 3.8) is 0 Å². The molecule has 0 aliphatic carbocycles. The van der Waals surface area contributed by atoms with E-state index in [1.165, 1.54) is 32.7 Å². The summed E-state index contributed by atoms with van der Waals surface area (Å²) in [7, 11) is 4.28. The molecule has 0 radical (unpaired) electrons. The van der Waals surface area contributed by atoms with Gasteiger partial charge in [0.2, 0.25) is 0 Å². The minimum absolute atomic E-state index is 0.228. The maximum Gasteiger partial charge on any atom is 0.0547 e. The Morgan fingerprint density at radius 2 is 1.84 bits per heavy atom. The van der Waals surface area contributed by atoms with Gasteiger partial charge >= 0.3 is 0 Å². The van der Waals surface area contributed by atoms with E-state index in [1.807, 2.05) is 0 Å². The first-order valence-corrected chi connectivity index (χ1v) is 7.51. The van der Waals surface area contributed by atoms with Gasteiger partial charge in [0.25, 0.3) is 0 Å². The van der Waals surface area contributed by atoms with Crippen molar-refractivity contribution in [1.82, 2.24) is 14.7 Å². The van der Waals surface area contributed by atoms with Gasteiger partial charge in [-0.2, -0.15) is 0 Å². The molecule has 5 nitrogen and oxygen atoms in total. The summed E-state index contributed by atoms with van der Waals surface area (Å²) in [6.07, 6.45) is 1.13. The van der Waals surface area contributed by atoms with Crippen LogP contribution >= 0.6 is 0 Å². The summed E-state index contributed by atoms with van der Waals surface area (Å²) in [6, 6.07) is 0. The largest absolute Gasteiger partial charge is 0.381 e. The van der Waals surface area contributed by atoms with E-state index in [1.54, 1.807) is 0 Å². The summed E-state index contributed by atoms with van der Waals surface area (Å²) in [4.78, 5) is 7.40. The van der Waals surface area contributed by atoms with Crippen molar-refractivity contribution in [1.29, 1.82) is 0 Å². The molecule has 2 fully saturated rings. The van der Waals surface area contributed by atoms with Crippen molar-refractivity contribution >= 4 is 0 Å². The van der Waals surface area contributed by atoms with E-state index in [2.05, 4.69) is 28.8 Å². The molecule has 19 heavy (non-hydrogen) atoms. The molecule has 1 atom stereocenters. The lowest BCUT2D eigenvalue weighted by Crippen LogP contribution is -2.52. The Morgan fingerprint density at radius 1 is 1.16 bits per heavy atom. The monoisotopic (exact) mass is 270 g/mol. The summed E-state index contributed by atoms with van der Waals surface area (Å²) in [5, 5.41) is 0. The number of piperazine rings is 1. The second-order valence-corrected chi connectivity index (χ2v) is 6.43. The number of hydrogen-bond acceptors (Lipinski definition) is 5. The fourth-order valence-electron chi connectivity index (χ4n) is 2.99. The van der Waals surface area contributed by atoms with E-state index in [4.69, 9.17) is 10.5 Å². The van der Waals surface area contributed by atoms with Crippen LogP contribution < -0.4 is 5.73 Å². The maximum atomic E-state index is 5.97. The molecule has 2 saturated heterocycles. The van der Waals surface area contributed by atoms with Crippen LogP contribution in [-0.4, -0.2) is 94.4 Å². The molecule has 2 aliphatic rings. The lowest BCUT2D eigenvalue weighted by molar-refractivity contribution is 0.0730. The molecule has 0 saturated carbocycles. The maximum absolute atomic E-state index is 5.97. The molecule has 0 amide bonds. The first-order chi connectivity index (χ1) is 9.13. The van der Waals surface area contributed by atoms with E-state index in [-0.39, 0.29) is 5.41 Å². The van der Waals surface area contributed by atoms with Gasteiger partial charge in [-0.25, -0.2) is 0 Å². The highest BCUT2D eigenvalue weighted by atomic mass is 16.5. The number of ether oxygens (including phenoxy) is 1. The predicted molar refractivity (Wildman–Crippen MR) is 78.4 cm³/mol. The Bertz CT molecular complexity index is 258. The highest BCUT2D eigenvalue weighted by Crippen LogP contribution is 2.28. The highest BCUT2D eigenvalue weighted by Gasteiger charge is 2.35. The number of likely N-dealkylation sites (N-methyl/N-ethyl adjacent to an activating group) is 1. The van der Waals surface area contributed by atoms with Gasteiger partial charge in [-0.1, -0.05) is 0 Å². The van der Waals surface area contributed by atoms with Crippen LogP contribution in [0.25, 0.3) is 0 Å². The molecule has 2 rings (SSSR count). The zero-order chi connectivity index (χ0) is 13.7. The topological polar surface area (TPSA) is 45.0 Å². The van der Waals surface area contributed by atoms with Gasteiger partial charge in [0.1, 0.15) is 0 Å².